The Bertz CT molecular complexity index is 927. The average molecular weight is 329 g/mol. The second-order valence-electron chi connectivity index (χ2n) is 5.82. The van der Waals surface area contributed by atoms with Gasteiger partial charge in [-0.2, -0.15) is 10.2 Å². The van der Waals surface area contributed by atoms with E-state index in [0.29, 0.717) is 23.9 Å². The molecule has 0 saturated heterocycles. The van der Waals surface area contributed by atoms with Crippen LogP contribution in [-0.4, -0.2) is 9.97 Å². The van der Waals surface area contributed by atoms with Gasteiger partial charge >= 0.3 is 0 Å². The molecule has 5 nitrogen and oxygen atoms in total. The Balaban J connectivity index is 1.76. The summed E-state index contributed by atoms with van der Waals surface area (Å²) < 4.78 is 0. The van der Waals surface area contributed by atoms with Gasteiger partial charge < -0.3 is 10.6 Å². The lowest BCUT2D eigenvalue weighted by Gasteiger charge is -2.11. The number of nitriles is 1. The smallest absolute Gasteiger partial charge is 0.225 e. The van der Waals surface area contributed by atoms with Gasteiger partial charge in [-0.25, -0.2) is 4.98 Å². The Morgan fingerprint density at radius 2 is 1.84 bits per heavy atom. The number of nitrogens with one attached hydrogen (secondary N) is 2. The molecule has 0 amide bonds. The SMILES string of the molecule is Cc1cc(Nc2cccc(C#N)c2)nc(NCc2ccccc2C)n1. The molecule has 0 aliphatic carbocycles. The van der Waals surface area contributed by atoms with Crippen molar-refractivity contribution in [3.05, 3.63) is 77.0 Å². The highest BCUT2D eigenvalue weighted by Gasteiger charge is 2.04. The number of hydrogen-bond acceptors (Lipinski definition) is 5. The minimum atomic E-state index is 0.571. The summed E-state index contributed by atoms with van der Waals surface area (Å²) >= 11 is 0. The Kier molecular flexibility index (Phi) is 4.91. The zero-order valence-electron chi connectivity index (χ0n) is 14.2. The van der Waals surface area contributed by atoms with Gasteiger partial charge in [0.1, 0.15) is 5.82 Å². The molecule has 1 heterocycles. The molecule has 0 unspecified atom stereocenters. The molecule has 3 rings (SSSR count). The molecule has 0 radical (unpaired) electrons. The number of nitrogens with zero attached hydrogens (tertiary/aromatic N) is 3. The lowest BCUT2D eigenvalue weighted by molar-refractivity contribution is 1.02. The summed E-state index contributed by atoms with van der Waals surface area (Å²) in [6, 6.07) is 19.5. The number of aryl methyl sites for hydroxylation is 2. The van der Waals surface area contributed by atoms with Crippen molar-refractivity contribution in [3.63, 3.8) is 0 Å². The van der Waals surface area contributed by atoms with Crippen molar-refractivity contribution in [1.82, 2.24) is 9.97 Å². The fraction of sp³-hybridized carbons (Fsp3) is 0.150. The molecule has 5 heteroatoms. The maximum absolute atomic E-state index is 9.00. The number of aromatic nitrogens is 2. The molecule has 0 aliphatic heterocycles. The van der Waals surface area contributed by atoms with Crippen molar-refractivity contribution in [1.29, 1.82) is 5.26 Å². The first kappa shape index (κ1) is 16.5. The van der Waals surface area contributed by atoms with Crippen molar-refractivity contribution < 1.29 is 0 Å². The first-order valence-corrected chi connectivity index (χ1v) is 8.05. The topological polar surface area (TPSA) is 73.6 Å². The van der Waals surface area contributed by atoms with E-state index in [-0.39, 0.29) is 0 Å². The van der Waals surface area contributed by atoms with E-state index in [4.69, 9.17) is 5.26 Å². The van der Waals surface area contributed by atoms with Crippen LogP contribution in [0.1, 0.15) is 22.4 Å². The van der Waals surface area contributed by atoms with Gasteiger partial charge in [-0.05, 0) is 43.2 Å². The lowest BCUT2D eigenvalue weighted by Crippen LogP contribution is -2.07. The summed E-state index contributed by atoms with van der Waals surface area (Å²) in [6.45, 7) is 4.68. The highest BCUT2D eigenvalue weighted by molar-refractivity contribution is 5.59. The zero-order chi connectivity index (χ0) is 17.6. The van der Waals surface area contributed by atoms with Gasteiger partial charge in [0.15, 0.2) is 0 Å². The number of benzene rings is 2. The lowest BCUT2D eigenvalue weighted by atomic mass is 10.1. The van der Waals surface area contributed by atoms with E-state index in [9.17, 15) is 0 Å². The van der Waals surface area contributed by atoms with Gasteiger partial charge in [0.25, 0.3) is 0 Å². The van der Waals surface area contributed by atoms with Crippen molar-refractivity contribution in [3.8, 4) is 6.07 Å². The summed E-state index contributed by atoms with van der Waals surface area (Å²) in [7, 11) is 0. The summed E-state index contributed by atoms with van der Waals surface area (Å²) in [5.74, 6) is 1.26. The largest absolute Gasteiger partial charge is 0.350 e. The summed E-state index contributed by atoms with van der Waals surface area (Å²) in [4.78, 5) is 8.95. The van der Waals surface area contributed by atoms with E-state index < -0.39 is 0 Å². The number of rotatable bonds is 5. The molecule has 124 valence electrons. The Labute approximate surface area is 147 Å². The molecule has 0 atom stereocenters. The highest BCUT2D eigenvalue weighted by Crippen LogP contribution is 2.18. The molecular formula is C20H19N5. The monoisotopic (exact) mass is 329 g/mol. The fourth-order valence-electron chi connectivity index (χ4n) is 2.51. The van der Waals surface area contributed by atoms with Crippen molar-refractivity contribution in [2.24, 2.45) is 0 Å². The van der Waals surface area contributed by atoms with Crippen molar-refractivity contribution >= 4 is 17.5 Å². The van der Waals surface area contributed by atoms with Crippen LogP contribution in [0.3, 0.4) is 0 Å². The first-order chi connectivity index (χ1) is 12.1. The first-order valence-electron chi connectivity index (χ1n) is 8.05. The summed E-state index contributed by atoms with van der Waals surface area (Å²) in [5, 5.41) is 15.5. The van der Waals surface area contributed by atoms with Crippen LogP contribution in [0.2, 0.25) is 0 Å². The van der Waals surface area contributed by atoms with E-state index in [0.717, 1.165) is 11.4 Å². The second kappa shape index (κ2) is 7.45. The van der Waals surface area contributed by atoms with Crippen LogP contribution in [-0.2, 0) is 6.54 Å². The average Bonchev–Trinajstić information content (AvgIpc) is 2.61. The molecule has 0 fully saturated rings. The van der Waals surface area contributed by atoms with Crippen LogP contribution in [0.15, 0.2) is 54.6 Å². The van der Waals surface area contributed by atoms with Crippen LogP contribution < -0.4 is 10.6 Å². The van der Waals surface area contributed by atoms with Gasteiger partial charge in [-0.1, -0.05) is 30.3 Å². The molecule has 0 spiro atoms. The van der Waals surface area contributed by atoms with Gasteiger partial charge in [-0.3, -0.25) is 0 Å². The molecule has 2 N–H and O–H groups in total. The summed E-state index contributed by atoms with van der Waals surface area (Å²) in [6.07, 6.45) is 0. The highest BCUT2D eigenvalue weighted by atomic mass is 15.1. The Morgan fingerprint density at radius 1 is 1.00 bits per heavy atom. The maximum atomic E-state index is 9.00. The van der Waals surface area contributed by atoms with Gasteiger partial charge in [0, 0.05) is 24.0 Å². The molecule has 0 bridgehead atoms. The fourth-order valence-corrected chi connectivity index (χ4v) is 2.51. The number of hydrogen-bond donors (Lipinski definition) is 2. The third-order valence-corrected chi connectivity index (χ3v) is 3.82. The zero-order valence-corrected chi connectivity index (χ0v) is 14.2. The normalized spacial score (nSPS) is 10.1. The minimum Gasteiger partial charge on any atom is -0.350 e. The predicted octanol–water partition coefficient (Wildman–Crippen LogP) is 4.32. The Hall–Kier alpha value is -3.39. The third-order valence-electron chi connectivity index (χ3n) is 3.82. The third kappa shape index (κ3) is 4.33. The van der Waals surface area contributed by atoms with Gasteiger partial charge in [0.2, 0.25) is 5.95 Å². The molecular weight excluding hydrogens is 310 g/mol. The van der Waals surface area contributed by atoms with Gasteiger partial charge in [0.05, 0.1) is 11.6 Å². The van der Waals surface area contributed by atoms with Crippen molar-refractivity contribution in [2.75, 3.05) is 10.6 Å². The molecule has 25 heavy (non-hydrogen) atoms. The van der Waals surface area contributed by atoms with Crippen LogP contribution in [0, 0.1) is 25.2 Å². The van der Waals surface area contributed by atoms with Crippen molar-refractivity contribution in [2.45, 2.75) is 20.4 Å². The number of anilines is 3. The Morgan fingerprint density at radius 3 is 2.64 bits per heavy atom. The van der Waals surface area contributed by atoms with Crippen LogP contribution in [0.5, 0.6) is 0 Å². The van der Waals surface area contributed by atoms with Crippen LogP contribution >= 0.6 is 0 Å². The van der Waals surface area contributed by atoms with E-state index >= 15 is 0 Å². The molecule has 2 aromatic carbocycles. The molecule has 1 aromatic heterocycles. The van der Waals surface area contributed by atoms with E-state index in [1.807, 2.05) is 37.3 Å². The summed E-state index contributed by atoms with van der Waals surface area (Å²) in [5.41, 5.74) is 4.73. The second-order valence-corrected chi connectivity index (χ2v) is 5.82. The predicted molar refractivity (Wildman–Crippen MR) is 99.7 cm³/mol. The molecule has 3 aromatic rings. The quantitative estimate of drug-likeness (QED) is 0.729. The van der Waals surface area contributed by atoms with E-state index in [1.54, 1.807) is 12.1 Å². The van der Waals surface area contributed by atoms with E-state index in [1.165, 1.54) is 11.1 Å². The standard InChI is InChI=1S/C20H19N5/c1-14-6-3-4-8-17(14)13-22-20-23-15(2)10-19(25-20)24-18-9-5-7-16(11-18)12-21/h3-11H,13H2,1-2H3,(H2,22,23,24,25). The molecule has 0 aliphatic rings. The maximum Gasteiger partial charge on any atom is 0.225 e. The minimum absolute atomic E-state index is 0.571. The van der Waals surface area contributed by atoms with Gasteiger partial charge in [-0.15, -0.1) is 0 Å². The van der Waals surface area contributed by atoms with Crippen LogP contribution in [0.4, 0.5) is 17.5 Å². The van der Waals surface area contributed by atoms with E-state index in [2.05, 4.69) is 45.7 Å². The van der Waals surface area contributed by atoms with Crippen LogP contribution in [0.25, 0.3) is 0 Å². The molecule has 0 saturated carbocycles.